The molecule has 0 aromatic heterocycles. The summed E-state index contributed by atoms with van der Waals surface area (Å²) in [6, 6.07) is 6.62. The molecule has 6 heteroatoms. The number of carbonyl (C=O) groups is 2. The van der Waals surface area contributed by atoms with E-state index >= 15 is 0 Å². The number of nitrogens with zero attached hydrogens (tertiary/aromatic N) is 1. The standard InChI is InChI=1S/C15H18N2O3S/c1-3-10-9-16-15(21-10)17-13(18)11-7-5-6-8-12(11)14(19)20-4-2/h5-8,10H,3-4,9H2,1-2H3,(H,16,17,18). The van der Waals surface area contributed by atoms with Crippen LogP contribution in [0.4, 0.5) is 0 Å². The van der Waals surface area contributed by atoms with Gasteiger partial charge < -0.3 is 10.1 Å². The number of ether oxygens (including phenoxy) is 1. The summed E-state index contributed by atoms with van der Waals surface area (Å²) in [5.41, 5.74) is 0.576. The van der Waals surface area contributed by atoms with Gasteiger partial charge in [0.05, 0.1) is 24.3 Å². The average Bonchev–Trinajstić information content (AvgIpc) is 2.95. The van der Waals surface area contributed by atoms with Gasteiger partial charge in [-0.2, -0.15) is 0 Å². The second-order valence-corrected chi connectivity index (χ2v) is 5.80. The van der Waals surface area contributed by atoms with Crippen LogP contribution in [0.1, 0.15) is 41.0 Å². The number of hydrogen-bond acceptors (Lipinski definition) is 5. The zero-order valence-electron chi connectivity index (χ0n) is 12.1. The summed E-state index contributed by atoms with van der Waals surface area (Å²) in [7, 11) is 0. The molecule has 5 nitrogen and oxygen atoms in total. The van der Waals surface area contributed by atoms with E-state index in [1.54, 1.807) is 43.0 Å². The van der Waals surface area contributed by atoms with Crippen LogP contribution in [0.2, 0.25) is 0 Å². The first-order valence-electron chi connectivity index (χ1n) is 6.94. The molecule has 0 saturated carbocycles. The molecule has 1 N–H and O–H groups in total. The third kappa shape index (κ3) is 3.85. The quantitative estimate of drug-likeness (QED) is 0.868. The van der Waals surface area contributed by atoms with Gasteiger partial charge in [0.1, 0.15) is 0 Å². The molecule has 0 spiro atoms. The van der Waals surface area contributed by atoms with E-state index in [1.165, 1.54) is 0 Å². The van der Waals surface area contributed by atoms with Gasteiger partial charge in [0.25, 0.3) is 5.91 Å². The van der Waals surface area contributed by atoms with Crippen molar-refractivity contribution >= 4 is 28.8 Å². The maximum Gasteiger partial charge on any atom is 0.338 e. The molecule has 0 radical (unpaired) electrons. The minimum absolute atomic E-state index is 0.271. The highest BCUT2D eigenvalue weighted by Gasteiger charge is 2.22. The van der Waals surface area contributed by atoms with Crippen LogP contribution < -0.4 is 5.32 Å². The number of thioether (sulfide) groups is 1. The minimum Gasteiger partial charge on any atom is -0.462 e. The number of rotatable bonds is 4. The number of amides is 1. The number of aliphatic imine (C=N–C) groups is 1. The summed E-state index contributed by atoms with van der Waals surface area (Å²) in [5, 5.41) is 3.80. The lowest BCUT2D eigenvalue weighted by molar-refractivity contribution is 0.0523. The van der Waals surface area contributed by atoms with Crippen LogP contribution in [0.3, 0.4) is 0 Å². The lowest BCUT2D eigenvalue weighted by Gasteiger charge is -2.09. The normalized spacial score (nSPS) is 17.2. The van der Waals surface area contributed by atoms with Crippen LogP contribution >= 0.6 is 11.8 Å². The zero-order chi connectivity index (χ0) is 15.2. The number of hydrogen-bond donors (Lipinski definition) is 1. The van der Waals surface area contributed by atoms with Crippen molar-refractivity contribution in [2.45, 2.75) is 25.5 Å². The molecule has 1 heterocycles. The molecule has 0 bridgehead atoms. The Labute approximate surface area is 128 Å². The van der Waals surface area contributed by atoms with E-state index in [-0.39, 0.29) is 18.1 Å². The van der Waals surface area contributed by atoms with Crippen LogP contribution in [-0.4, -0.2) is 35.4 Å². The van der Waals surface area contributed by atoms with E-state index in [1.807, 2.05) is 0 Å². The molecule has 0 saturated heterocycles. The van der Waals surface area contributed by atoms with Crippen molar-refractivity contribution in [2.75, 3.05) is 13.2 Å². The first kappa shape index (κ1) is 15.6. The van der Waals surface area contributed by atoms with Crippen LogP contribution in [0.15, 0.2) is 29.3 Å². The van der Waals surface area contributed by atoms with Crippen LogP contribution in [0.25, 0.3) is 0 Å². The molecule has 112 valence electrons. The molecule has 1 atom stereocenters. The number of esters is 1. The fraction of sp³-hybridized carbons (Fsp3) is 0.400. The van der Waals surface area contributed by atoms with E-state index in [0.717, 1.165) is 13.0 Å². The number of carbonyl (C=O) groups excluding carboxylic acids is 2. The van der Waals surface area contributed by atoms with Crippen molar-refractivity contribution < 1.29 is 14.3 Å². The van der Waals surface area contributed by atoms with Gasteiger partial charge >= 0.3 is 5.97 Å². The summed E-state index contributed by atoms with van der Waals surface area (Å²) in [6.45, 7) is 4.81. The fourth-order valence-electron chi connectivity index (χ4n) is 1.93. The van der Waals surface area contributed by atoms with Crippen molar-refractivity contribution in [3.8, 4) is 0 Å². The van der Waals surface area contributed by atoms with Crippen molar-refractivity contribution in [2.24, 2.45) is 4.99 Å². The highest BCUT2D eigenvalue weighted by molar-refractivity contribution is 8.14. The first-order chi connectivity index (χ1) is 10.2. The van der Waals surface area contributed by atoms with Gasteiger partial charge in [0.15, 0.2) is 5.17 Å². The van der Waals surface area contributed by atoms with Crippen molar-refractivity contribution in [3.63, 3.8) is 0 Å². The third-order valence-corrected chi connectivity index (χ3v) is 4.33. The predicted octanol–water partition coefficient (Wildman–Crippen LogP) is 2.47. The molecule has 1 unspecified atom stereocenters. The molecular weight excluding hydrogens is 288 g/mol. The molecule has 2 rings (SSSR count). The van der Waals surface area contributed by atoms with E-state index in [2.05, 4.69) is 17.2 Å². The van der Waals surface area contributed by atoms with E-state index in [0.29, 0.717) is 16.0 Å². The summed E-state index contributed by atoms with van der Waals surface area (Å²) in [4.78, 5) is 28.5. The predicted molar refractivity (Wildman–Crippen MR) is 83.8 cm³/mol. The zero-order valence-corrected chi connectivity index (χ0v) is 12.9. The number of nitrogens with one attached hydrogen (secondary N) is 1. The largest absolute Gasteiger partial charge is 0.462 e. The van der Waals surface area contributed by atoms with Crippen molar-refractivity contribution in [1.29, 1.82) is 0 Å². The first-order valence-corrected chi connectivity index (χ1v) is 7.82. The molecule has 0 aliphatic carbocycles. The van der Waals surface area contributed by atoms with Gasteiger partial charge in [-0.1, -0.05) is 30.8 Å². The lowest BCUT2D eigenvalue weighted by atomic mass is 10.1. The van der Waals surface area contributed by atoms with Gasteiger partial charge in [-0.05, 0) is 25.5 Å². The molecule has 1 aromatic rings. The summed E-state index contributed by atoms with van der Waals surface area (Å²) in [6.07, 6.45) is 1.01. The Morgan fingerprint density at radius 1 is 1.33 bits per heavy atom. The van der Waals surface area contributed by atoms with Gasteiger partial charge in [-0.3, -0.25) is 9.79 Å². The molecule has 1 aromatic carbocycles. The average molecular weight is 306 g/mol. The Bertz CT molecular complexity index is 572. The molecule has 0 fully saturated rings. The second kappa shape index (κ2) is 7.26. The Morgan fingerprint density at radius 3 is 2.67 bits per heavy atom. The molecule has 1 aliphatic rings. The van der Waals surface area contributed by atoms with E-state index < -0.39 is 5.97 Å². The number of benzene rings is 1. The Balaban J connectivity index is 2.11. The maximum absolute atomic E-state index is 12.3. The van der Waals surface area contributed by atoms with Gasteiger partial charge in [0, 0.05) is 5.25 Å². The van der Waals surface area contributed by atoms with E-state index in [4.69, 9.17) is 4.74 Å². The SMILES string of the molecule is CCOC(=O)c1ccccc1C(=O)NC1=NCC(CC)S1. The third-order valence-electron chi connectivity index (χ3n) is 3.06. The monoisotopic (exact) mass is 306 g/mol. The summed E-state index contributed by atoms with van der Waals surface area (Å²) >= 11 is 1.56. The highest BCUT2D eigenvalue weighted by atomic mass is 32.2. The fourth-order valence-corrected chi connectivity index (χ4v) is 2.86. The van der Waals surface area contributed by atoms with Gasteiger partial charge in [-0.25, -0.2) is 4.79 Å². The highest BCUT2D eigenvalue weighted by Crippen LogP contribution is 2.22. The maximum atomic E-state index is 12.3. The second-order valence-electron chi connectivity index (χ2n) is 4.51. The van der Waals surface area contributed by atoms with Gasteiger partial charge in [0.2, 0.25) is 0 Å². The number of amidine groups is 1. The molecule has 1 amide bonds. The summed E-state index contributed by atoms with van der Waals surface area (Å²) in [5.74, 6) is -0.822. The summed E-state index contributed by atoms with van der Waals surface area (Å²) < 4.78 is 4.97. The Morgan fingerprint density at radius 2 is 2.05 bits per heavy atom. The molecular formula is C15H18N2O3S. The Hall–Kier alpha value is -1.82. The van der Waals surface area contributed by atoms with Crippen LogP contribution in [-0.2, 0) is 4.74 Å². The minimum atomic E-state index is -0.490. The van der Waals surface area contributed by atoms with E-state index in [9.17, 15) is 9.59 Å². The topological polar surface area (TPSA) is 67.8 Å². The Kier molecular flexibility index (Phi) is 5.38. The van der Waals surface area contributed by atoms with Gasteiger partial charge in [-0.15, -0.1) is 0 Å². The molecule has 21 heavy (non-hydrogen) atoms. The van der Waals surface area contributed by atoms with Crippen LogP contribution in [0, 0.1) is 0 Å². The van der Waals surface area contributed by atoms with Crippen LogP contribution in [0.5, 0.6) is 0 Å². The smallest absolute Gasteiger partial charge is 0.338 e. The van der Waals surface area contributed by atoms with Crippen molar-refractivity contribution in [3.05, 3.63) is 35.4 Å². The van der Waals surface area contributed by atoms with Crippen molar-refractivity contribution in [1.82, 2.24) is 5.32 Å². The lowest BCUT2D eigenvalue weighted by Crippen LogP contribution is -2.29. The molecule has 1 aliphatic heterocycles.